The Bertz CT molecular complexity index is 330. The molecule has 0 aromatic heterocycles. The van der Waals surface area contributed by atoms with Crippen LogP contribution >= 0.6 is 0 Å². The maximum absolute atomic E-state index is 11.2. The number of nitrogens with two attached hydrogens (primary N) is 1. The molecule has 3 nitrogen and oxygen atoms in total. The lowest BCUT2D eigenvalue weighted by Crippen LogP contribution is -2.22. The van der Waals surface area contributed by atoms with Gasteiger partial charge in [0.25, 0.3) is 0 Å². The van der Waals surface area contributed by atoms with Gasteiger partial charge < -0.3 is 10.5 Å². The first kappa shape index (κ1) is 11.7. The van der Waals surface area contributed by atoms with Crippen molar-refractivity contribution in [3.8, 4) is 0 Å². The lowest BCUT2D eigenvalue weighted by Gasteiger charge is -2.11. The van der Waals surface area contributed by atoms with Gasteiger partial charge in [-0.3, -0.25) is 4.79 Å². The molecule has 0 radical (unpaired) electrons. The summed E-state index contributed by atoms with van der Waals surface area (Å²) in [7, 11) is 1.34. The van der Waals surface area contributed by atoms with E-state index in [0.717, 1.165) is 5.56 Å². The van der Waals surface area contributed by atoms with Crippen LogP contribution in [-0.4, -0.2) is 13.1 Å². The quantitative estimate of drug-likeness (QED) is 0.771. The second-order valence-electron chi connectivity index (χ2n) is 3.82. The molecule has 0 fully saturated rings. The zero-order chi connectivity index (χ0) is 11.4. The Morgan fingerprint density at radius 2 is 1.67 bits per heavy atom. The molecule has 82 valence electrons. The van der Waals surface area contributed by atoms with Gasteiger partial charge >= 0.3 is 5.97 Å². The molecule has 0 saturated carbocycles. The third-order valence-corrected chi connectivity index (χ3v) is 2.42. The van der Waals surface area contributed by atoms with Crippen LogP contribution in [0.25, 0.3) is 0 Å². The van der Waals surface area contributed by atoms with Crippen LogP contribution in [0.4, 0.5) is 0 Å². The van der Waals surface area contributed by atoms with E-state index in [4.69, 9.17) is 5.73 Å². The highest BCUT2D eigenvalue weighted by Crippen LogP contribution is 2.18. The van der Waals surface area contributed by atoms with Crippen molar-refractivity contribution in [3.05, 3.63) is 35.4 Å². The van der Waals surface area contributed by atoms with Gasteiger partial charge in [-0.15, -0.1) is 0 Å². The topological polar surface area (TPSA) is 52.3 Å². The normalized spacial score (nSPS) is 12.6. The van der Waals surface area contributed by atoms with E-state index in [2.05, 4.69) is 18.6 Å². The SMILES string of the molecule is COC(=O)[C@H](N)c1ccc(C(C)C)cc1. The summed E-state index contributed by atoms with van der Waals surface area (Å²) in [5.41, 5.74) is 7.72. The van der Waals surface area contributed by atoms with Gasteiger partial charge in [0, 0.05) is 0 Å². The summed E-state index contributed by atoms with van der Waals surface area (Å²) in [6.45, 7) is 4.24. The molecular weight excluding hydrogens is 190 g/mol. The van der Waals surface area contributed by atoms with Crippen LogP contribution in [0.3, 0.4) is 0 Å². The third kappa shape index (κ3) is 2.80. The molecule has 0 amide bonds. The lowest BCUT2D eigenvalue weighted by atomic mass is 9.99. The van der Waals surface area contributed by atoms with Crippen molar-refractivity contribution in [1.82, 2.24) is 0 Å². The van der Waals surface area contributed by atoms with E-state index < -0.39 is 12.0 Å². The van der Waals surface area contributed by atoms with Crippen molar-refractivity contribution >= 4 is 5.97 Å². The Balaban J connectivity index is 2.84. The van der Waals surface area contributed by atoms with E-state index in [1.54, 1.807) is 0 Å². The van der Waals surface area contributed by atoms with Crippen LogP contribution < -0.4 is 5.73 Å². The highest BCUT2D eigenvalue weighted by atomic mass is 16.5. The van der Waals surface area contributed by atoms with Crippen molar-refractivity contribution in [2.24, 2.45) is 5.73 Å². The minimum absolute atomic E-state index is 0.410. The molecule has 0 aliphatic carbocycles. The number of hydrogen-bond donors (Lipinski definition) is 1. The molecule has 2 N–H and O–H groups in total. The van der Waals surface area contributed by atoms with E-state index >= 15 is 0 Å². The number of ether oxygens (including phenoxy) is 1. The standard InChI is InChI=1S/C12H17NO2/c1-8(2)9-4-6-10(7-5-9)11(13)12(14)15-3/h4-8,11H,13H2,1-3H3/t11-/m1/s1. The van der Waals surface area contributed by atoms with Gasteiger partial charge in [0.05, 0.1) is 7.11 Å². The lowest BCUT2D eigenvalue weighted by molar-refractivity contribution is -0.142. The van der Waals surface area contributed by atoms with Crippen LogP contribution in [0.5, 0.6) is 0 Å². The number of benzene rings is 1. The fraction of sp³-hybridized carbons (Fsp3) is 0.417. The Morgan fingerprint density at radius 3 is 2.07 bits per heavy atom. The Morgan fingerprint density at radius 1 is 1.20 bits per heavy atom. The molecule has 0 heterocycles. The van der Waals surface area contributed by atoms with Crippen LogP contribution in [0, 0.1) is 0 Å². The maximum atomic E-state index is 11.2. The van der Waals surface area contributed by atoms with Crippen molar-refractivity contribution < 1.29 is 9.53 Å². The summed E-state index contributed by atoms with van der Waals surface area (Å²) < 4.78 is 4.58. The van der Waals surface area contributed by atoms with Crippen LogP contribution in [0.1, 0.15) is 36.9 Å². The van der Waals surface area contributed by atoms with E-state index in [1.165, 1.54) is 12.7 Å². The molecule has 0 spiro atoms. The molecule has 1 rings (SSSR count). The highest BCUT2D eigenvalue weighted by Gasteiger charge is 2.15. The predicted octanol–water partition coefficient (Wildman–Crippen LogP) is 1.98. The molecule has 1 atom stereocenters. The number of carbonyl (C=O) groups is 1. The second kappa shape index (κ2) is 4.94. The van der Waals surface area contributed by atoms with Gasteiger partial charge in [0.2, 0.25) is 0 Å². The molecule has 15 heavy (non-hydrogen) atoms. The Kier molecular flexibility index (Phi) is 3.86. The first-order valence-corrected chi connectivity index (χ1v) is 4.99. The molecule has 0 unspecified atom stereocenters. The number of hydrogen-bond acceptors (Lipinski definition) is 3. The molecule has 0 aliphatic heterocycles. The van der Waals surface area contributed by atoms with Gasteiger partial charge in [-0.1, -0.05) is 38.1 Å². The minimum atomic E-state index is -0.684. The number of esters is 1. The van der Waals surface area contributed by atoms with Crippen LogP contribution in [0.15, 0.2) is 24.3 Å². The Labute approximate surface area is 90.2 Å². The minimum Gasteiger partial charge on any atom is -0.468 e. The summed E-state index contributed by atoms with van der Waals surface area (Å²) in [5.74, 6) is 0.0701. The molecule has 0 saturated heterocycles. The van der Waals surface area contributed by atoms with E-state index in [1.807, 2.05) is 24.3 Å². The summed E-state index contributed by atoms with van der Waals surface area (Å²) in [6, 6.07) is 7.04. The van der Waals surface area contributed by atoms with Crippen molar-refractivity contribution in [2.45, 2.75) is 25.8 Å². The average Bonchev–Trinajstić information content (AvgIpc) is 2.27. The predicted molar refractivity (Wildman–Crippen MR) is 59.5 cm³/mol. The highest BCUT2D eigenvalue weighted by molar-refractivity contribution is 5.77. The number of methoxy groups -OCH3 is 1. The van der Waals surface area contributed by atoms with Crippen molar-refractivity contribution in [2.75, 3.05) is 7.11 Å². The van der Waals surface area contributed by atoms with Gasteiger partial charge in [-0.2, -0.15) is 0 Å². The van der Waals surface area contributed by atoms with E-state index in [0.29, 0.717) is 5.92 Å². The first-order valence-electron chi connectivity index (χ1n) is 4.99. The van der Waals surface area contributed by atoms with Crippen LogP contribution in [-0.2, 0) is 9.53 Å². The molecular formula is C12H17NO2. The number of rotatable bonds is 3. The monoisotopic (exact) mass is 207 g/mol. The van der Waals surface area contributed by atoms with Gasteiger partial charge in [-0.25, -0.2) is 0 Å². The molecule has 3 heteroatoms. The zero-order valence-corrected chi connectivity index (χ0v) is 9.36. The largest absolute Gasteiger partial charge is 0.468 e. The van der Waals surface area contributed by atoms with Gasteiger partial charge in [0.15, 0.2) is 0 Å². The molecule has 1 aromatic rings. The van der Waals surface area contributed by atoms with Crippen LogP contribution in [0.2, 0.25) is 0 Å². The summed E-state index contributed by atoms with van der Waals surface area (Å²) >= 11 is 0. The van der Waals surface area contributed by atoms with Crippen molar-refractivity contribution in [1.29, 1.82) is 0 Å². The second-order valence-corrected chi connectivity index (χ2v) is 3.82. The Hall–Kier alpha value is -1.35. The smallest absolute Gasteiger partial charge is 0.327 e. The van der Waals surface area contributed by atoms with E-state index in [9.17, 15) is 4.79 Å². The summed E-state index contributed by atoms with van der Waals surface area (Å²) in [4.78, 5) is 11.2. The summed E-state index contributed by atoms with van der Waals surface area (Å²) in [6.07, 6.45) is 0. The fourth-order valence-electron chi connectivity index (χ4n) is 1.35. The van der Waals surface area contributed by atoms with Gasteiger partial charge in [0.1, 0.15) is 6.04 Å². The molecule has 1 aromatic carbocycles. The number of carbonyl (C=O) groups excluding carboxylic acids is 1. The van der Waals surface area contributed by atoms with Gasteiger partial charge in [-0.05, 0) is 17.0 Å². The van der Waals surface area contributed by atoms with Crippen molar-refractivity contribution in [3.63, 3.8) is 0 Å². The first-order chi connectivity index (χ1) is 7.06. The average molecular weight is 207 g/mol. The molecule has 0 aliphatic rings. The zero-order valence-electron chi connectivity index (χ0n) is 9.36. The van der Waals surface area contributed by atoms with E-state index in [-0.39, 0.29) is 0 Å². The maximum Gasteiger partial charge on any atom is 0.327 e. The third-order valence-electron chi connectivity index (χ3n) is 2.42. The fourth-order valence-corrected chi connectivity index (χ4v) is 1.35. The molecule has 0 bridgehead atoms. The summed E-state index contributed by atoms with van der Waals surface area (Å²) in [5, 5.41) is 0.